The van der Waals surface area contributed by atoms with Gasteiger partial charge in [0.15, 0.2) is 0 Å². The monoisotopic (exact) mass is 313 g/mol. The molecule has 0 saturated carbocycles. The predicted molar refractivity (Wildman–Crippen MR) is 70.8 cm³/mol. The Balaban J connectivity index is 2.43. The van der Waals surface area contributed by atoms with Gasteiger partial charge < -0.3 is 0 Å². The number of methoxy groups -OCH3 is 1. The number of rotatable bonds is 7. The van der Waals surface area contributed by atoms with E-state index < -0.39 is 0 Å². The molecule has 6 heteroatoms. The molecule has 0 aliphatic carbocycles. The Morgan fingerprint density at radius 3 is 2.83 bits per heavy atom. The van der Waals surface area contributed by atoms with E-state index in [9.17, 15) is 4.79 Å². The fourth-order valence-electron chi connectivity index (χ4n) is 1.34. The number of azide groups is 1. The van der Waals surface area contributed by atoms with E-state index in [1.54, 1.807) is 0 Å². The Morgan fingerprint density at radius 2 is 2.22 bits per heavy atom. The van der Waals surface area contributed by atoms with Crippen LogP contribution in [0.1, 0.15) is 12.8 Å². The second-order valence-corrected chi connectivity index (χ2v) is 5.89. The summed E-state index contributed by atoms with van der Waals surface area (Å²) in [4.78, 5) is 13.9. The molecule has 5 nitrogen and oxygen atoms in total. The SMILES string of the molecule is COC(=O)CCC(C[Se]c1ccccc1)N=[N+]=[N-]. The van der Waals surface area contributed by atoms with Gasteiger partial charge in [-0.05, 0) is 0 Å². The summed E-state index contributed by atoms with van der Waals surface area (Å²) in [6.07, 6.45) is 0.844. The Bertz CT molecular complexity index is 419. The normalized spacial score (nSPS) is 11.4. The van der Waals surface area contributed by atoms with Crippen LogP contribution < -0.4 is 4.46 Å². The summed E-state index contributed by atoms with van der Waals surface area (Å²) in [5, 5.41) is 4.54. The van der Waals surface area contributed by atoms with Crippen molar-refractivity contribution in [3.63, 3.8) is 0 Å². The molecule has 0 aliphatic heterocycles. The maximum atomic E-state index is 11.0. The molecule has 1 aromatic rings. The first-order chi connectivity index (χ1) is 8.76. The number of carbonyl (C=O) groups is 1. The van der Waals surface area contributed by atoms with Crippen LogP contribution in [0.5, 0.6) is 0 Å². The zero-order chi connectivity index (χ0) is 13.2. The average molecular weight is 312 g/mol. The molecule has 0 radical (unpaired) electrons. The van der Waals surface area contributed by atoms with Crippen molar-refractivity contribution in [3.8, 4) is 0 Å². The molecule has 0 fully saturated rings. The molecule has 0 bridgehead atoms. The molecule has 0 heterocycles. The Labute approximate surface area is 112 Å². The van der Waals surface area contributed by atoms with Gasteiger partial charge in [-0.2, -0.15) is 0 Å². The third-order valence-corrected chi connectivity index (χ3v) is 4.74. The minimum absolute atomic E-state index is 0.130. The van der Waals surface area contributed by atoms with E-state index in [4.69, 9.17) is 5.53 Å². The van der Waals surface area contributed by atoms with Gasteiger partial charge in [-0.15, -0.1) is 0 Å². The van der Waals surface area contributed by atoms with Crippen LogP contribution in [0, 0.1) is 0 Å². The summed E-state index contributed by atoms with van der Waals surface area (Å²) in [5.74, 6) is -0.264. The first-order valence-electron chi connectivity index (χ1n) is 5.55. The van der Waals surface area contributed by atoms with Crippen molar-refractivity contribution in [2.45, 2.75) is 24.2 Å². The molecule has 1 atom stereocenters. The van der Waals surface area contributed by atoms with Crippen molar-refractivity contribution < 1.29 is 9.53 Å². The molecule has 0 N–H and O–H groups in total. The molecule has 1 unspecified atom stereocenters. The number of ether oxygens (including phenoxy) is 1. The predicted octanol–water partition coefficient (Wildman–Crippen LogP) is 2.07. The van der Waals surface area contributed by atoms with Gasteiger partial charge in [0.1, 0.15) is 0 Å². The molecule has 1 rings (SSSR count). The summed E-state index contributed by atoms with van der Waals surface area (Å²) in [5.41, 5.74) is 8.51. The van der Waals surface area contributed by atoms with Gasteiger partial charge in [-0.3, -0.25) is 0 Å². The number of hydrogen-bond acceptors (Lipinski definition) is 3. The van der Waals surface area contributed by atoms with E-state index in [0.29, 0.717) is 12.8 Å². The molecule has 96 valence electrons. The van der Waals surface area contributed by atoms with Crippen molar-refractivity contribution in [1.29, 1.82) is 0 Å². The standard InChI is InChI=1S/C12H15N3O2Se/c1-17-12(16)8-7-10(14-15-13)9-18-11-5-3-2-4-6-11/h2-6,10H,7-9H2,1H3. The van der Waals surface area contributed by atoms with Crippen molar-refractivity contribution in [3.05, 3.63) is 40.8 Å². The molecule has 0 aromatic heterocycles. The number of hydrogen-bond donors (Lipinski definition) is 0. The number of esters is 1. The van der Waals surface area contributed by atoms with Crippen LogP contribution in [-0.2, 0) is 9.53 Å². The number of nitrogens with zero attached hydrogens (tertiary/aromatic N) is 3. The summed E-state index contributed by atoms with van der Waals surface area (Å²) >= 11 is 0.260. The van der Waals surface area contributed by atoms with Gasteiger partial charge in [0.2, 0.25) is 0 Å². The second-order valence-electron chi connectivity index (χ2n) is 3.60. The molecule has 0 spiro atoms. The zero-order valence-electron chi connectivity index (χ0n) is 10.2. The van der Waals surface area contributed by atoms with E-state index in [2.05, 4.69) is 26.9 Å². The van der Waals surface area contributed by atoms with Gasteiger partial charge in [-0.1, -0.05) is 0 Å². The van der Waals surface area contributed by atoms with Crippen molar-refractivity contribution in [1.82, 2.24) is 0 Å². The molecule has 1 aromatic carbocycles. The molecular formula is C12H15N3O2Se. The van der Waals surface area contributed by atoms with Gasteiger partial charge in [0.25, 0.3) is 0 Å². The first-order valence-corrected chi connectivity index (χ1v) is 7.62. The second kappa shape index (κ2) is 8.59. The van der Waals surface area contributed by atoms with E-state index in [-0.39, 0.29) is 27.0 Å². The zero-order valence-corrected chi connectivity index (χ0v) is 11.9. The van der Waals surface area contributed by atoms with Crippen molar-refractivity contribution >= 4 is 25.4 Å². The minimum atomic E-state index is -0.264. The Kier molecular flexibility index (Phi) is 6.96. The molecular weight excluding hydrogens is 297 g/mol. The van der Waals surface area contributed by atoms with E-state index in [1.165, 1.54) is 11.6 Å². The fraction of sp³-hybridized carbons (Fsp3) is 0.417. The number of benzene rings is 1. The average Bonchev–Trinajstić information content (AvgIpc) is 2.42. The third-order valence-electron chi connectivity index (χ3n) is 2.31. The summed E-state index contributed by atoms with van der Waals surface area (Å²) in [6, 6.07) is 9.96. The Hall–Kier alpha value is -1.48. The van der Waals surface area contributed by atoms with E-state index in [1.807, 2.05) is 18.2 Å². The first kappa shape index (κ1) is 14.6. The van der Waals surface area contributed by atoms with Crippen molar-refractivity contribution in [2.75, 3.05) is 7.11 Å². The molecule has 0 amide bonds. The van der Waals surface area contributed by atoms with Crippen LogP contribution in [0.3, 0.4) is 0 Å². The topological polar surface area (TPSA) is 75.1 Å². The molecule has 18 heavy (non-hydrogen) atoms. The summed E-state index contributed by atoms with van der Waals surface area (Å²) in [7, 11) is 1.36. The van der Waals surface area contributed by atoms with Crippen LogP contribution in [-0.4, -0.2) is 34.1 Å². The van der Waals surface area contributed by atoms with Crippen LogP contribution in [0.15, 0.2) is 35.4 Å². The quantitative estimate of drug-likeness (QED) is 0.254. The third kappa shape index (κ3) is 5.73. The van der Waals surface area contributed by atoms with E-state index in [0.717, 1.165) is 5.32 Å². The number of carbonyl (C=O) groups excluding carboxylic acids is 1. The van der Waals surface area contributed by atoms with Crippen molar-refractivity contribution in [2.24, 2.45) is 5.11 Å². The fourth-order valence-corrected chi connectivity index (χ4v) is 3.37. The van der Waals surface area contributed by atoms with Gasteiger partial charge in [0.05, 0.1) is 0 Å². The van der Waals surface area contributed by atoms with Crippen LogP contribution in [0.4, 0.5) is 0 Å². The van der Waals surface area contributed by atoms with Gasteiger partial charge in [-0.25, -0.2) is 0 Å². The van der Waals surface area contributed by atoms with E-state index >= 15 is 0 Å². The molecule has 0 saturated heterocycles. The van der Waals surface area contributed by atoms with Crippen LogP contribution >= 0.6 is 0 Å². The van der Waals surface area contributed by atoms with Crippen LogP contribution in [0.25, 0.3) is 10.4 Å². The summed E-state index contributed by atoms with van der Waals surface area (Å²) in [6.45, 7) is 0. The van der Waals surface area contributed by atoms with Gasteiger partial charge >= 0.3 is 112 Å². The maximum absolute atomic E-state index is 11.0. The van der Waals surface area contributed by atoms with Crippen LogP contribution in [0.2, 0.25) is 5.32 Å². The Morgan fingerprint density at radius 1 is 1.50 bits per heavy atom. The van der Waals surface area contributed by atoms with Gasteiger partial charge in [0, 0.05) is 0 Å². The summed E-state index contributed by atoms with van der Waals surface area (Å²) < 4.78 is 5.84. The molecule has 0 aliphatic rings.